The van der Waals surface area contributed by atoms with Gasteiger partial charge in [-0.05, 0) is 27.7 Å². The van der Waals surface area contributed by atoms with Crippen molar-refractivity contribution in [2.75, 3.05) is 5.32 Å². The predicted molar refractivity (Wildman–Crippen MR) is 85.5 cm³/mol. The standard InChI is InChI=1S/C14H19N3O3S/c1-6(2)15-13(20)10-11-12(8(18)5-9(19)17-11)21-14(10)16-7(3)4/h5-7,16H,1-4H3,(H,15,20)(H2,17,18,19). The Morgan fingerprint density at radius 3 is 2.52 bits per heavy atom. The third-order valence-corrected chi connectivity index (χ3v) is 3.87. The highest BCUT2D eigenvalue weighted by atomic mass is 32.1. The lowest BCUT2D eigenvalue weighted by molar-refractivity contribution is 0.0945. The summed E-state index contributed by atoms with van der Waals surface area (Å²) in [6.07, 6.45) is 0. The summed E-state index contributed by atoms with van der Waals surface area (Å²) in [5.41, 5.74) is 0.296. The summed E-state index contributed by atoms with van der Waals surface area (Å²) in [4.78, 5) is 26.6. The van der Waals surface area contributed by atoms with Gasteiger partial charge in [0.1, 0.15) is 10.8 Å². The van der Waals surface area contributed by atoms with Crippen LogP contribution in [-0.2, 0) is 0 Å². The average Bonchev–Trinajstić information content (AvgIpc) is 2.65. The monoisotopic (exact) mass is 309 g/mol. The number of amides is 1. The number of anilines is 1. The van der Waals surface area contributed by atoms with Crippen LogP contribution in [0, 0.1) is 0 Å². The maximum atomic E-state index is 12.4. The number of rotatable bonds is 4. The van der Waals surface area contributed by atoms with Crippen molar-refractivity contribution in [2.45, 2.75) is 39.8 Å². The van der Waals surface area contributed by atoms with Crippen LogP contribution in [-0.4, -0.2) is 28.1 Å². The number of aromatic amines is 1. The van der Waals surface area contributed by atoms with E-state index in [1.807, 2.05) is 27.7 Å². The fourth-order valence-electron chi connectivity index (χ4n) is 1.99. The molecule has 1 amide bonds. The molecule has 2 aromatic rings. The molecule has 0 bridgehead atoms. The number of nitrogens with one attached hydrogen (secondary N) is 3. The first-order valence-electron chi connectivity index (χ1n) is 6.75. The van der Waals surface area contributed by atoms with E-state index in [4.69, 9.17) is 0 Å². The molecule has 2 heterocycles. The highest BCUT2D eigenvalue weighted by Crippen LogP contribution is 2.38. The molecule has 0 atom stereocenters. The molecular formula is C14H19N3O3S. The van der Waals surface area contributed by atoms with Crippen molar-refractivity contribution >= 4 is 32.5 Å². The summed E-state index contributed by atoms with van der Waals surface area (Å²) in [6.45, 7) is 7.64. The van der Waals surface area contributed by atoms with Crippen molar-refractivity contribution in [3.8, 4) is 5.75 Å². The van der Waals surface area contributed by atoms with Crippen LogP contribution in [0.15, 0.2) is 10.9 Å². The quantitative estimate of drug-likeness (QED) is 0.697. The summed E-state index contributed by atoms with van der Waals surface area (Å²) >= 11 is 1.25. The Morgan fingerprint density at radius 2 is 1.95 bits per heavy atom. The van der Waals surface area contributed by atoms with Gasteiger partial charge in [-0.2, -0.15) is 0 Å². The van der Waals surface area contributed by atoms with Gasteiger partial charge in [-0.3, -0.25) is 9.59 Å². The lowest BCUT2D eigenvalue weighted by Gasteiger charge is -2.12. The molecule has 0 radical (unpaired) electrons. The fourth-order valence-corrected chi connectivity index (χ4v) is 3.21. The van der Waals surface area contributed by atoms with Gasteiger partial charge in [0.05, 0.1) is 15.8 Å². The second-order valence-corrected chi connectivity index (χ2v) is 6.48. The minimum absolute atomic E-state index is 0.0246. The summed E-state index contributed by atoms with van der Waals surface area (Å²) < 4.78 is 0.492. The van der Waals surface area contributed by atoms with E-state index in [1.54, 1.807) is 0 Å². The van der Waals surface area contributed by atoms with Gasteiger partial charge in [-0.15, -0.1) is 11.3 Å². The van der Waals surface area contributed by atoms with Crippen LogP contribution in [0.1, 0.15) is 38.1 Å². The molecule has 0 aliphatic carbocycles. The van der Waals surface area contributed by atoms with Crippen molar-refractivity contribution in [2.24, 2.45) is 0 Å². The molecule has 2 rings (SSSR count). The van der Waals surface area contributed by atoms with Gasteiger partial charge in [-0.25, -0.2) is 0 Å². The number of pyridine rings is 1. The van der Waals surface area contributed by atoms with E-state index in [1.165, 1.54) is 11.3 Å². The molecule has 7 heteroatoms. The van der Waals surface area contributed by atoms with Crippen LogP contribution in [0.5, 0.6) is 5.75 Å². The molecular weight excluding hydrogens is 290 g/mol. The molecule has 0 fully saturated rings. The number of carbonyl (C=O) groups is 1. The van der Waals surface area contributed by atoms with E-state index in [2.05, 4.69) is 15.6 Å². The van der Waals surface area contributed by atoms with Gasteiger partial charge >= 0.3 is 0 Å². The second-order valence-electron chi connectivity index (χ2n) is 5.46. The van der Waals surface area contributed by atoms with Gasteiger partial charge in [0, 0.05) is 18.2 Å². The highest BCUT2D eigenvalue weighted by Gasteiger charge is 2.22. The summed E-state index contributed by atoms with van der Waals surface area (Å²) in [6, 6.07) is 1.21. The first-order chi connectivity index (χ1) is 9.79. The second kappa shape index (κ2) is 5.77. The van der Waals surface area contributed by atoms with Crippen molar-refractivity contribution in [3.05, 3.63) is 22.0 Å². The third-order valence-electron chi connectivity index (χ3n) is 2.72. The Kier molecular flexibility index (Phi) is 4.22. The molecule has 0 saturated carbocycles. The Balaban J connectivity index is 2.67. The van der Waals surface area contributed by atoms with Crippen molar-refractivity contribution in [3.63, 3.8) is 0 Å². The first kappa shape index (κ1) is 15.4. The van der Waals surface area contributed by atoms with Crippen LogP contribution in [0.3, 0.4) is 0 Å². The van der Waals surface area contributed by atoms with E-state index in [0.29, 0.717) is 20.8 Å². The van der Waals surface area contributed by atoms with Crippen LogP contribution in [0.25, 0.3) is 10.2 Å². The number of aromatic hydroxyl groups is 1. The first-order valence-corrected chi connectivity index (χ1v) is 7.57. The zero-order valence-corrected chi connectivity index (χ0v) is 13.2. The predicted octanol–water partition coefficient (Wildman–Crippen LogP) is 2.25. The number of hydrogen-bond donors (Lipinski definition) is 4. The van der Waals surface area contributed by atoms with Crippen molar-refractivity contribution in [1.82, 2.24) is 10.3 Å². The molecule has 4 N–H and O–H groups in total. The van der Waals surface area contributed by atoms with Crippen LogP contribution in [0.4, 0.5) is 5.00 Å². The number of fused-ring (bicyclic) bond motifs is 1. The molecule has 0 aromatic carbocycles. The fraction of sp³-hybridized carbons (Fsp3) is 0.429. The van der Waals surface area contributed by atoms with Crippen LogP contribution >= 0.6 is 11.3 Å². The summed E-state index contributed by atoms with van der Waals surface area (Å²) in [5.74, 6) is -0.394. The number of carbonyl (C=O) groups excluding carboxylic acids is 1. The molecule has 21 heavy (non-hydrogen) atoms. The molecule has 0 saturated heterocycles. The van der Waals surface area contributed by atoms with Gasteiger partial charge in [-0.1, -0.05) is 0 Å². The number of aromatic nitrogens is 1. The smallest absolute Gasteiger partial charge is 0.256 e. The zero-order chi connectivity index (χ0) is 15.7. The molecule has 0 unspecified atom stereocenters. The Hall–Kier alpha value is -2.02. The third kappa shape index (κ3) is 3.18. The average molecular weight is 309 g/mol. The Labute approximate surface area is 126 Å². The van der Waals surface area contributed by atoms with Gasteiger partial charge in [0.2, 0.25) is 0 Å². The van der Waals surface area contributed by atoms with E-state index < -0.39 is 5.56 Å². The van der Waals surface area contributed by atoms with Gasteiger partial charge in [0.15, 0.2) is 0 Å². The molecule has 2 aromatic heterocycles. The van der Waals surface area contributed by atoms with E-state index in [0.717, 1.165) is 6.07 Å². The van der Waals surface area contributed by atoms with Crippen molar-refractivity contribution < 1.29 is 9.90 Å². The molecule has 0 spiro atoms. The molecule has 0 aliphatic rings. The van der Waals surface area contributed by atoms with E-state index >= 15 is 0 Å². The molecule has 0 aliphatic heterocycles. The SMILES string of the molecule is CC(C)NC(=O)c1c(NC(C)C)sc2c(O)cc(=O)[nH]c12. The topological polar surface area (TPSA) is 94.2 Å². The Bertz CT molecular complexity index is 731. The lowest BCUT2D eigenvalue weighted by Crippen LogP contribution is -2.31. The lowest BCUT2D eigenvalue weighted by atomic mass is 10.2. The van der Waals surface area contributed by atoms with Crippen LogP contribution in [0.2, 0.25) is 0 Å². The number of H-pyrrole nitrogens is 1. The van der Waals surface area contributed by atoms with Crippen LogP contribution < -0.4 is 16.2 Å². The Morgan fingerprint density at radius 1 is 1.29 bits per heavy atom. The van der Waals surface area contributed by atoms with Gasteiger partial charge in [0.25, 0.3) is 11.5 Å². The number of thiophene rings is 1. The van der Waals surface area contributed by atoms with Crippen molar-refractivity contribution in [1.29, 1.82) is 0 Å². The zero-order valence-electron chi connectivity index (χ0n) is 12.4. The number of hydrogen-bond acceptors (Lipinski definition) is 5. The van der Waals surface area contributed by atoms with E-state index in [-0.39, 0.29) is 23.7 Å². The molecule has 114 valence electrons. The largest absolute Gasteiger partial charge is 0.506 e. The normalized spacial score (nSPS) is 11.3. The van der Waals surface area contributed by atoms with E-state index in [9.17, 15) is 14.7 Å². The maximum Gasteiger partial charge on any atom is 0.256 e. The minimum Gasteiger partial charge on any atom is -0.506 e. The molecule has 6 nitrogen and oxygen atoms in total. The highest BCUT2D eigenvalue weighted by molar-refractivity contribution is 7.23. The minimum atomic E-state index is -0.438. The summed E-state index contributed by atoms with van der Waals surface area (Å²) in [7, 11) is 0. The van der Waals surface area contributed by atoms with Gasteiger partial charge < -0.3 is 20.7 Å². The maximum absolute atomic E-state index is 12.4. The summed E-state index contributed by atoms with van der Waals surface area (Å²) in [5, 5.41) is 16.6.